The highest BCUT2D eigenvalue weighted by molar-refractivity contribution is 5.85. The number of halogens is 3. The molecule has 0 saturated carbocycles. The summed E-state index contributed by atoms with van der Waals surface area (Å²) in [4.78, 5) is 4.64. The Morgan fingerprint density at radius 1 is 0.743 bits per heavy atom. The predicted octanol–water partition coefficient (Wildman–Crippen LogP) is 7.70. The Hall–Kier alpha value is -4.32. The van der Waals surface area contributed by atoms with Gasteiger partial charge in [-0.05, 0) is 47.5 Å². The lowest BCUT2D eigenvalue weighted by molar-refractivity contribution is -0.274. The van der Waals surface area contributed by atoms with Crippen LogP contribution in [0.1, 0.15) is 11.3 Å². The summed E-state index contributed by atoms with van der Waals surface area (Å²) in [6, 6.07) is 31.8. The summed E-state index contributed by atoms with van der Waals surface area (Å²) in [5.74, 6) is -0.258. The van der Waals surface area contributed by atoms with Gasteiger partial charge in [0.1, 0.15) is 5.75 Å². The van der Waals surface area contributed by atoms with Crippen LogP contribution in [0.25, 0.3) is 28.1 Å². The highest BCUT2D eigenvalue weighted by Crippen LogP contribution is 2.38. The minimum Gasteiger partial charge on any atom is -0.406 e. The third-order valence-corrected chi connectivity index (χ3v) is 5.68. The van der Waals surface area contributed by atoms with E-state index < -0.39 is 6.36 Å². The van der Waals surface area contributed by atoms with Crippen molar-refractivity contribution in [3.8, 4) is 33.8 Å². The molecule has 0 spiro atoms. The van der Waals surface area contributed by atoms with E-state index in [1.807, 2.05) is 77.5 Å². The molecule has 2 heterocycles. The van der Waals surface area contributed by atoms with E-state index in [1.54, 1.807) is 18.3 Å². The fraction of sp³-hybridized carbons (Fsp3) is 0.0690. The van der Waals surface area contributed by atoms with Gasteiger partial charge in [0.15, 0.2) is 0 Å². The second kappa shape index (κ2) is 9.50. The number of nitrogens with zero attached hydrogens (tertiary/aromatic N) is 2. The fourth-order valence-corrected chi connectivity index (χ4v) is 4.18. The first-order chi connectivity index (χ1) is 17.0. The second-order valence-electron chi connectivity index (χ2n) is 8.02. The number of rotatable bonds is 6. The molecule has 0 radical (unpaired) electrons. The Labute approximate surface area is 201 Å². The molecule has 2 aromatic heterocycles. The molecule has 6 heteroatoms. The molecule has 3 aromatic carbocycles. The SMILES string of the molecule is FC(F)(F)Oc1ccc(-n2cc(-c3ccccc3)c(-c3ccccn3)c2Cc2ccccc2)cc1. The van der Waals surface area contributed by atoms with Crippen molar-refractivity contribution < 1.29 is 17.9 Å². The number of hydrogen-bond acceptors (Lipinski definition) is 2. The first-order valence-electron chi connectivity index (χ1n) is 11.1. The quantitative estimate of drug-likeness (QED) is 0.254. The molecule has 5 rings (SSSR count). The molecule has 0 unspecified atom stereocenters. The molecule has 0 saturated heterocycles. The van der Waals surface area contributed by atoms with E-state index in [0.717, 1.165) is 39.3 Å². The van der Waals surface area contributed by atoms with Crippen LogP contribution in [0.4, 0.5) is 13.2 Å². The lowest BCUT2D eigenvalue weighted by atomic mass is 9.97. The molecule has 0 aliphatic heterocycles. The molecule has 0 fully saturated rings. The van der Waals surface area contributed by atoms with Gasteiger partial charge in [0.05, 0.1) is 5.69 Å². The van der Waals surface area contributed by atoms with Gasteiger partial charge in [0.2, 0.25) is 0 Å². The Bertz CT molecular complexity index is 1400. The molecule has 0 aliphatic carbocycles. The van der Waals surface area contributed by atoms with Gasteiger partial charge in [-0.1, -0.05) is 66.7 Å². The molecule has 174 valence electrons. The smallest absolute Gasteiger partial charge is 0.406 e. The highest BCUT2D eigenvalue weighted by Gasteiger charge is 2.31. The van der Waals surface area contributed by atoms with Crippen molar-refractivity contribution in [1.82, 2.24) is 9.55 Å². The van der Waals surface area contributed by atoms with Crippen LogP contribution in [-0.4, -0.2) is 15.9 Å². The van der Waals surface area contributed by atoms with Crippen molar-refractivity contribution in [3.05, 3.63) is 127 Å². The van der Waals surface area contributed by atoms with Crippen LogP contribution in [0.5, 0.6) is 5.75 Å². The zero-order chi connectivity index (χ0) is 24.3. The largest absolute Gasteiger partial charge is 0.573 e. The molecular weight excluding hydrogens is 449 g/mol. The van der Waals surface area contributed by atoms with Gasteiger partial charge in [-0.3, -0.25) is 4.98 Å². The summed E-state index contributed by atoms with van der Waals surface area (Å²) in [6.45, 7) is 0. The maximum Gasteiger partial charge on any atom is 0.573 e. The first kappa shape index (κ1) is 22.5. The van der Waals surface area contributed by atoms with E-state index in [9.17, 15) is 13.2 Å². The van der Waals surface area contributed by atoms with Crippen LogP contribution < -0.4 is 4.74 Å². The zero-order valence-corrected chi connectivity index (χ0v) is 18.6. The normalized spacial score (nSPS) is 11.4. The topological polar surface area (TPSA) is 27.1 Å². The van der Waals surface area contributed by atoms with E-state index >= 15 is 0 Å². The fourth-order valence-electron chi connectivity index (χ4n) is 4.18. The Morgan fingerprint density at radius 2 is 1.40 bits per heavy atom. The number of pyridine rings is 1. The average molecular weight is 470 g/mol. The summed E-state index contributed by atoms with van der Waals surface area (Å²) in [7, 11) is 0. The zero-order valence-electron chi connectivity index (χ0n) is 18.6. The van der Waals surface area contributed by atoms with Crippen LogP contribution in [-0.2, 0) is 6.42 Å². The van der Waals surface area contributed by atoms with Crippen molar-refractivity contribution in [2.75, 3.05) is 0 Å². The van der Waals surface area contributed by atoms with Gasteiger partial charge in [-0.25, -0.2) is 0 Å². The van der Waals surface area contributed by atoms with Gasteiger partial charge in [-0.15, -0.1) is 13.2 Å². The molecule has 0 N–H and O–H groups in total. The number of ether oxygens (including phenoxy) is 1. The average Bonchev–Trinajstić information content (AvgIpc) is 3.24. The maximum absolute atomic E-state index is 12.7. The van der Waals surface area contributed by atoms with Crippen LogP contribution >= 0.6 is 0 Å². The third kappa shape index (κ3) is 5.11. The van der Waals surface area contributed by atoms with E-state index in [-0.39, 0.29) is 5.75 Å². The van der Waals surface area contributed by atoms with Gasteiger partial charge >= 0.3 is 6.36 Å². The summed E-state index contributed by atoms with van der Waals surface area (Å²) in [5.41, 5.74) is 6.65. The van der Waals surface area contributed by atoms with E-state index in [4.69, 9.17) is 0 Å². The molecule has 35 heavy (non-hydrogen) atoms. The first-order valence-corrected chi connectivity index (χ1v) is 11.1. The molecule has 5 aromatic rings. The van der Waals surface area contributed by atoms with Crippen molar-refractivity contribution in [1.29, 1.82) is 0 Å². The van der Waals surface area contributed by atoms with Gasteiger partial charge in [0, 0.05) is 41.3 Å². The molecule has 0 atom stereocenters. The Morgan fingerprint density at radius 3 is 2.03 bits per heavy atom. The number of hydrogen-bond donors (Lipinski definition) is 0. The molecule has 0 bridgehead atoms. The van der Waals surface area contributed by atoms with Crippen LogP contribution in [0.15, 0.2) is 116 Å². The van der Waals surface area contributed by atoms with Crippen LogP contribution in [0.3, 0.4) is 0 Å². The maximum atomic E-state index is 12.7. The number of benzene rings is 3. The summed E-state index contributed by atoms with van der Waals surface area (Å²) >= 11 is 0. The number of alkyl halides is 3. The van der Waals surface area contributed by atoms with Crippen LogP contribution in [0, 0.1) is 0 Å². The minimum atomic E-state index is -4.74. The van der Waals surface area contributed by atoms with Crippen molar-refractivity contribution >= 4 is 0 Å². The molecule has 0 amide bonds. The summed E-state index contributed by atoms with van der Waals surface area (Å²) in [6.07, 6.45) is -0.339. The minimum absolute atomic E-state index is 0.258. The molecule has 3 nitrogen and oxygen atoms in total. The lowest BCUT2D eigenvalue weighted by Crippen LogP contribution is -2.17. The van der Waals surface area contributed by atoms with Crippen molar-refractivity contribution in [2.24, 2.45) is 0 Å². The number of aromatic nitrogens is 2. The third-order valence-electron chi connectivity index (χ3n) is 5.68. The lowest BCUT2D eigenvalue weighted by Gasteiger charge is -2.14. The van der Waals surface area contributed by atoms with Crippen molar-refractivity contribution in [2.45, 2.75) is 12.8 Å². The summed E-state index contributed by atoms with van der Waals surface area (Å²) in [5, 5.41) is 0. The van der Waals surface area contributed by atoms with Gasteiger partial charge in [0.25, 0.3) is 0 Å². The van der Waals surface area contributed by atoms with E-state index in [2.05, 4.69) is 21.9 Å². The molecular formula is C29H21F3N2O. The van der Waals surface area contributed by atoms with Crippen LogP contribution in [0.2, 0.25) is 0 Å². The monoisotopic (exact) mass is 470 g/mol. The summed E-state index contributed by atoms with van der Waals surface area (Å²) < 4.78 is 44.1. The van der Waals surface area contributed by atoms with E-state index in [0.29, 0.717) is 6.42 Å². The predicted molar refractivity (Wildman–Crippen MR) is 130 cm³/mol. The van der Waals surface area contributed by atoms with Gasteiger partial charge < -0.3 is 9.30 Å². The van der Waals surface area contributed by atoms with Gasteiger partial charge in [-0.2, -0.15) is 0 Å². The van der Waals surface area contributed by atoms with E-state index in [1.165, 1.54) is 12.1 Å². The second-order valence-corrected chi connectivity index (χ2v) is 8.02. The standard InChI is InChI=1S/C29H21F3N2O/c30-29(31,32)35-24-16-14-23(15-17-24)34-20-25(22-11-5-2-6-12-22)28(26-13-7-8-18-33-26)27(34)19-21-9-3-1-4-10-21/h1-18,20H,19H2. The molecule has 0 aliphatic rings. The van der Waals surface area contributed by atoms with Crippen molar-refractivity contribution in [3.63, 3.8) is 0 Å². The Balaban J connectivity index is 1.71. The highest BCUT2D eigenvalue weighted by atomic mass is 19.4. The Kier molecular flexibility index (Phi) is 6.10.